The van der Waals surface area contributed by atoms with Crippen LogP contribution in [-0.4, -0.2) is 0 Å². The summed E-state index contributed by atoms with van der Waals surface area (Å²) >= 11 is 0. The molecule has 1 aliphatic rings. The maximum atomic E-state index is 2.44. The molecule has 0 bridgehead atoms. The monoisotopic (exact) mass is 665 g/mol. The second-order valence-corrected chi connectivity index (χ2v) is 14.1. The topological polar surface area (TPSA) is 3.24 Å². The molecular formula is C51H39N. The summed E-state index contributed by atoms with van der Waals surface area (Å²) in [7, 11) is 0. The van der Waals surface area contributed by atoms with Gasteiger partial charge in [-0.15, -0.1) is 0 Å². The predicted molar refractivity (Wildman–Crippen MR) is 220 cm³/mol. The number of para-hydroxylation sites is 1. The summed E-state index contributed by atoms with van der Waals surface area (Å²) in [6.45, 7) is 4.70. The van der Waals surface area contributed by atoms with Crippen molar-refractivity contribution < 1.29 is 0 Å². The second-order valence-electron chi connectivity index (χ2n) is 14.1. The van der Waals surface area contributed by atoms with Gasteiger partial charge in [-0.3, -0.25) is 0 Å². The highest BCUT2D eigenvalue weighted by Gasteiger charge is 2.36. The standard InChI is InChI=1S/C51H39N/c1-51(2)46-32-15-14-29-45(46)49-43(30-17-33-47(49)51)38-23-16-26-40(35-38)52(39-24-10-5-11-25-39)48-34-18-31-42(37-21-8-4-9-22-37)50(48)44-28-13-12-27-41(44)36-19-6-3-7-20-36/h3-35H,1-2H3. The summed E-state index contributed by atoms with van der Waals surface area (Å²) in [6, 6.07) is 72.8. The Morgan fingerprint density at radius 1 is 0.327 bits per heavy atom. The lowest BCUT2D eigenvalue weighted by Crippen LogP contribution is -2.14. The molecule has 0 spiro atoms. The van der Waals surface area contributed by atoms with E-state index in [4.69, 9.17) is 0 Å². The first-order valence-electron chi connectivity index (χ1n) is 18.1. The molecule has 1 heteroatoms. The molecule has 9 rings (SSSR count). The maximum Gasteiger partial charge on any atom is 0.0546 e. The average molecular weight is 666 g/mol. The minimum absolute atomic E-state index is 0.0610. The Hall–Kier alpha value is -6.44. The van der Waals surface area contributed by atoms with Gasteiger partial charge in [0.1, 0.15) is 0 Å². The van der Waals surface area contributed by atoms with Crippen LogP contribution in [0.4, 0.5) is 17.1 Å². The lowest BCUT2D eigenvalue weighted by molar-refractivity contribution is 0.660. The minimum Gasteiger partial charge on any atom is -0.310 e. The quantitative estimate of drug-likeness (QED) is 0.164. The highest BCUT2D eigenvalue weighted by atomic mass is 15.1. The van der Waals surface area contributed by atoms with Crippen molar-refractivity contribution in [1.82, 2.24) is 0 Å². The molecule has 8 aromatic rings. The Morgan fingerprint density at radius 2 is 0.788 bits per heavy atom. The van der Waals surface area contributed by atoms with E-state index in [1.807, 2.05) is 0 Å². The normalized spacial score (nSPS) is 12.6. The van der Waals surface area contributed by atoms with Gasteiger partial charge < -0.3 is 4.90 Å². The molecule has 0 radical (unpaired) electrons. The number of rotatable bonds is 7. The van der Waals surface area contributed by atoms with E-state index in [9.17, 15) is 0 Å². The second kappa shape index (κ2) is 13.0. The Balaban J connectivity index is 1.30. The molecule has 1 aliphatic carbocycles. The van der Waals surface area contributed by atoms with Crippen molar-refractivity contribution in [3.63, 3.8) is 0 Å². The molecule has 0 saturated carbocycles. The Bertz CT molecular complexity index is 2530. The zero-order valence-electron chi connectivity index (χ0n) is 29.5. The molecule has 0 aromatic heterocycles. The number of nitrogens with zero attached hydrogens (tertiary/aromatic N) is 1. The number of hydrogen-bond acceptors (Lipinski definition) is 1. The van der Waals surface area contributed by atoms with Gasteiger partial charge in [0.25, 0.3) is 0 Å². The van der Waals surface area contributed by atoms with Gasteiger partial charge in [0.05, 0.1) is 5.69 Å². The number of hydrogen-bond donors (Lipinski definition) is 0. The molecule has 8 aromatic carbocycles. The molecule has 52 heavy (non-hydrogen) atoms. The van der Waals surface area contributed by atoms with Crippen LogP contribution in [0.1, 0.15) is 25.0 Å². The van der Waals surface area contributed by atoms with E-state index >= 15 is 0 Å². The lowest BCUT2D eigenvalue weighted by Gasteiger charge is -2.30. The van der Waals surface area contributed by atoms with Crippen LogP contribution in [0.5, 0.6) is 0 Å². The highest BCUT2D eigenvalue weighted by molar-refractivity contribution is 6.01. The Labute approximate surface area is 307 Å². The summed E-state index contributed by atoms with van der Waals surface area (Å²) in [4.78, 5) is 2.44. The first-order chi connectivity index (χ1) is 25.6. The lowest BCUT2D eigenvalue weighted by atomic mass is 9.82. The fraction of sp³-hybridized carbons (Fsp3) is 0.0588. The zero-order chi connectivity index (χ0) is 35.1. The molecule has 0 amide bonds. The molecule has 248 valence electrons. The largest absolute Gasteiger partial charge is 0.310 e. The number of fused-ring (bicyclic) bond motifs is 3. The van der Waals surface area contributed by atoms with Gasteiger partial charge in [0.2, 0.25) is 0 Å². The fourth-order valence-corrected chi connectivity index (χ4v) is 8.25. The van der Waals surface area contributed by atoms with Crippen molar-refractivity contribution in [2.24, 2.45) is 0 Å². The van der Waals surface area contributed by atoms with Gasteiger partial charge in [0.15, 0.2) is 0 Å². The van der Waals surface area contributed by atoms with Gasteiger partial charge >= 0.3 is 0 Å². The van der Waals surface area contributed by atoms with Gasteiger partial charge in [0, 0.05) is 22.4 Å². The van der Waals surface area contributed by atoms with Gasteiger partial charge in [-0.05, 0) is 91.5 Å². The SMILES string of the molecule is CC1(C)c2ccccc2-c2c(-c3cccc(N(c4ccccc4)c4cccc(-c5ccccc5)c4-c4ccccc4-c4ccccc4)c3)cccc21. The van der Waals surface area contributed by atoms with Crippen molar-refractivity contribution in [1.29, 1.82) is 0 Å². The van der Waals surface area contributed by atoms with Crippen LogP contribution < -0.4 is 4.90 Å². The molecule has 0 atom stereocenters. The van der Waals surface area contributed by atoms with Gasteiger partial charge in [-0.25, -0.2) is 0 Å². The third kappa shape index (κ3) is 5.34. The van der Waals surface area contributed by atoms with Crippen molar-refractivity contribution in [3.05, 3.63) is 211 Å². The zero-order valence-corrected chi connectivity index (χ0v) is 29.5. The van der Waals surface area contributed by atoms with E-state index in [0.717, 1.165) is 17.1 Å². The van der Waals surface area contributed by atoms with Crippen LogP contribution in [0.15, 0.2) is 200 Å². The van der Waals surface area contributed by atoms with E-state index in [1.165, 1.54) is 66.8 Å². The van der Waals surface area contributed by atoms with Crippen molar-refractivity contribution >= 4 is 17.1 Å². The summed E-state index contributed by atoms with van der Waals surface area (Å²) in [5.74, 6) is 0. The van der Waals surface area contributed by atoms with E-state index < -0.39 is 0 Å². The van der Waals surface area contributed by atoms with Crippen LogP contribution in [0.25, 0.3) is 55.6 Å². The average Bonchev–Trinajstić information content (AvgIpc) is 3.45. The molecule has 0 aliphatic heterocycles. The third-order valence-electron chi connectivity index (χ3n) is 10.7. The number of benzene rings is 8. The van der Waals surface area contributed by atoms with E-state index in [2.05, 4.69) is 219 Å². The molecule has 0 fully saturated rings. The molecular weight excluding hydrogens is 627 g/mol. The van der Waals surface area contributed by atoms with Gasteiger partial charge in [-0.2, -0.15) is 0 Å². The molecule has 0 N–H and O–H groups in total. The van der Waals surface area contributed by atoms with Crippen LogP contribution in [0, 0.1) is 0 Å². The highest BCUT2D eigenvalue weighted by Crippen LogP contribution is 2.53. The molecule has 0 unspecified atom stereocenters. The van der Waals surface area contributed by atoms with Gasteiger partial charge in [-0.1, -0.05) is 184 Å². The van der Waals surface area contributed by atoms with E-state index in [0.29, 0.717) is 0 Å². The van der Waals surface area contributed by atoms with Crippen molar-refractivity contribution in [2.45, 2.75) is 19.3 Å². The number of anilines is 3. The first kappa shape index (κ1) is 31.5. The Morgan fingerprint density at radius 3 is 1.50 bits per heavy atom. The van der Waals surface area contributed by atoms with Crippen molar-refractivity contribution in [3.8, 4) is 55.6 Å². The minimum atomic E-state index is -0.0610. The smallest absolute Gasteiger partial charge is 0.0546 e. The predicted octanol–water partition coefficient (Wildman–Crippen LogP) is 14.1. The molecule has 0 saturated heterocycles. The Kier molecular flexibility index (Phi) is 7.90. The van der Waals surface area contributed by atoms with Crippen molar-refractivity contribution in [2.75, 3.05) is 4.90 Å². The fourth-order valence-electron chi connectivity index (χ4n) is 8.25. The van der Waals surface area contributed by atoms with Crippen LogP contribution in [0.2, 0.25) is 0 Å². The molecule has 1 nitrogen and oxygen atoms in total. The summed E-state index contributed by atoms with van der Waals surface area (Å²) in [5.41, 5.74) is 18.3. The van der Waals surface area contributed by atoms with Crippen LogP contribution >= 0.6 is 0 Å². The van der Waals surface area contributed by atoms with Crippen LogP contribution in [0.3, 0.4) is 0 Å². The molecule has 0 heterocycles. The van der Waals surface area contributed by atoms with E-state index in [1.54, 1.807) is 0 Å². The third-order valence-corrected chi connectivity index (χ3v) is 10.7. The maximum absolute atomic E-state index is 2.44. The first-order valence-corrected chi connectivity index (χ1v) is 18.1. The summed E-state index contributed by atoms with van der Waals surface area (Å²) in [6.07, 6.45) is 0. The van der Waals surface area contributed by atoms with E-state index in [-0.39, 0.29) is 5.41 Å². The summed E-state index contributed by atoms with van der Waals surface area (Å²) in [5, 5.41) is 0. The van der Waals surface area contributed by atoms with Crippen LogP contribution in [-0.2, 0) is 5.41 Å². The summed E-state index contributed by atoms with van der Waals surface area (Å²) < 4.78 is 0.